The average Bonchev–Trinajstić information content (AvgIpc) is 3.25. The van der Waals surface area contributed by atoms with Crippen LogP contribution in [0.1, 0.15) is 20.8 Å². The first-order chi connectivity index (χ1) is 29.7. The van der Waals surface area contributed by atoms with Crippen LogP contribution in [0.4, 0.5) is 17.1 Å². The number of amides is 3. The lowest BCUT2D eigenvalue weighted by molar-refractivity contribution is -0.113. The lowest BCUT2D eigenvalue weighted by atomic mass is 10.3. The number of phosphoric ester groups is 1. The summed E-state index contributed by atoms with van der Waals surface area (Å²) in [5.41, 5.74) is 3.26. The topological polar surface area (TPSA) is 132 Å². The molecule has 6 aromatic carbocycles. The van der Waals surface area contributed by atoms with Crippen LogP contribution in [0.15, 0.2) is 211 Å². The van der Waals surface area contributed by atoms with E-state index >= 15 is 0 Å². The molecule has 6 aromatic rings. The highest BCUT2D eigenvalue weighted by Crippen LogP contribution is 2.50. The Hall–Kier alpha value is -6.37. The van der Waals surface area contributed by atoms with E-state index in [0.717, 1.165) is 29.4 Å². The second kappa shape index (κ2) is 20.9. The molecule has 0 aromatic heterocycles. The largest absolute Gasteiger partial charge is 0.647 e. The molecule has 0 radical (unpaired) electrons. The molecule has 0 atom stereocenters. The van der Waals surface area contributed by atoms with Crippen LogP contribution in [0.25, 0.3) is 0 Å². The Labute approximate surface area is 373 Å². The van der Waals surface area contributed by atoms with Gasteiger partial charge in [0.1, 0.15) is 17.2 Å². The minimum atomic E-state index is -4.35. The van der Waals surface area contributed by atoms with Gasteiger partial charge in [0.05, 0.1) is 0 Å². The molecule has 0 fully saturated rings. The van der Waals surface area contributed by atoms with Crippen LogP contribution in [0, 0.1) is 0 Å². The van der Waals surface area contributed by atoms with Gasteiger partial charge in [0.25, 0.3) is 17.7 Å². The third kappa shape index (κ3) is 13.6. The highest BCUT2D eigenvalue weighted by atomic mass is 32.2. The number of phosphoric acid groups is 1. The molecule has 0 bridgehead atoms. The van der Waals surface area contributed by atoms with E-state index in [9.17, 15) is 18.9 Å². The first-order valence-electron chi connectivity index (χ1n) is 18.9. The highest BCUT2D eigenvalue weighted by molar-refractivity contribution is 7.99. The first kappa shape index (κ1) is 45.2. The van der Waals surface area contributed by atoms with E-state index in [-0.39, 0.29) is 35.0 Å². The fourth-order valence-electron chi connectivity index (χ4n) is 5.09. The van der Waals surface area contributed by atoms with E-state index in [2.05, 4.69) is 35.7 Å². The van der Waals surface area contributed by atoms with Crippen LogP contribution in [-0.2, 0) is 18.9 Å². The van der Waals surface area contributed by atoms with Crippen molar-refractivity contribution in [2.75, 3.05) is 16.0 Å². The Morgan fingerprint density at radius 2 is 0.581 bits per heavy atom. The Kier molecular flexibility index (Phi) is 15.3. The zero-order valence-corrected chi connectivity index (χ0v) is 37.4. The maximum absolute atomic E-state index is 14.5. The third-order valence-corrected chi connectivity index (χ3v) is 12.7. The number of hydrogen-bond donors (Lipinski definition) is 3. The second-order valence-electron chi connectivity index (χ2n) is 13.7. The minimum Gasteiger partial charge on any atom is -0.386 e. The number of rotatable bonds is 18. The number of anilines is 3. The van der Waals surface area contributed by atoms with E-state index in [4.69, 9.17) is 13.6 Å². The number of carbonyl (C=O) groups excluding carboxylic acids is 3. The van der Waals surface area contributed by atoms with Gasteiger partial charge >= 0.3 is 7.82 Å². The zero-order valence-electron chi connectivity index (χ0n) is 34.0. The molecule has 6 rings (SSSR count). The van der Waals surface area contributed by atoms with Crippen molar-refractivity contribution in [2.24, 2.45) is 0 Å². The molecule has 62 heavy (non-hydrogen) atoms. The van der Waals surface area contributed by atoms with Gasteiger partial charge in [0.2, 0.25) is 0 Å². The molecule has 3 amide bonds. The molecular formula is C48H42N3O7PS3. The van der Waals surface area contributed by atoms with Crippen molar-refractivity contribution >= 4 is 77.9 Å². The summed E-state index contributed by atoms with van der Waals surface area (Å²) in [7, 11) is -4.35. The van der Waals surface area contributed by atoms with Crippen molar-refractivity contribution in [2.45, 2.75) is 50.1 Å². The predicted molar refractivity (Wildman–Crippen MR) is 251 cm³/mol. The van der Waals surface area contributed by atoms with Gasteiger partial charge in [-0.25, -0.2) is 0 Å². The molecular weight excluding hydrogens is 858 g/mol. The van der Waals surface area contributed by atoms with Gasteiger partial charge in [-0.05, 0) is 166 Å². The number of hydrogen-bond acceptors (Lipinski definition) is 10. The normalized spacial score (nSPS) is 10.8. The molecule has 0 heterocycles. The van der Waals surface area contributed by atoms with Crippen LogP contribution in [-0.4, -0.2) is 17.7 Å². The SMILES string of the molecule is C=C(C)C(=O)Nc1ccc(Sc2ccc(OP(=O)(Oc3ccc(Sc4ccc(NC(=O)C(=C)C)cc4)cc3)Oc3ccc(Sc4ccc(NC(=O)C(=C)C)cc4)cc3)cc2)cc1. The van der Waals surface area contributed by atoms with Crippen LogP contribution >= 0.6 is 43.1 Å². The Bertz CT molecular complexity index is 2340. The maximum Gasteiger partial charge on any atom is 0.647 e. The predicted octanol–water partition coefficient (Wildman–Crippen LogP) is 13.3. The molecule has 14 heteroatoms. The summed E-state index contributed by atoms with van der Waals surface area (Å²) in [6.07, 6.45) is 0. The van der Waals surface area contributed by atoms with Crippen LogP contribution < -0.4 is 29.5 Å². The van der Waals surface area contributed by atoms with E-state index < -0.39 is 7.82 Å². The lowest BCUT2D eigenvalue weighted by Gasteiger charge is -2.20. The van der Waals surface area contributed by atoms with Crippen molar-refractivity contribution in [3.05, 3.63) is 182 Å². The standard InChI is InChI=1S/C48H42N3O7PS3/c1-31(2)46(52)49-34-7-19-40(20-8-34)60-43-25-13-37(14-26-43)56-59(55,57-38-15-27-44(28-16-38)61-41-21-9-35(10-22-41)50-47(53)32(3)4)58-39-17-29-45(30-18-39)62-42-23-11-36(12-24-42)51-48(54)33(5)6/h7-30H,1,3,5H2,2,4,6H3,(H,49,52)(H,50,53)(H,51,54). The molecule has 0 aliphatic carbocycles. The quantitative estimate of drug-likeness (QED) is 0.0566. The van der Waals surface area contributed by atoms with Gasteiger partial charge in [-0.1, -0.05) is 55.0 Å². The molecule has 0 saturated carbocycles. The van der Waals surface area contributed by atoms with Gasteiger partial charge < -0.3 is 29.5 Å². The number of carbonyl (C=O) groups is 3. The summed E-state index contributed by atoms with van der Waals surface area (Å²) < 4.78 is 32.6. The van der Waals surface area contributed by atoms with Gasteiger partial charge in [-0.3, -0.25) is 14.4 Å². The smallest absolute Gasteiger partial charge is 0.386 e. The molecule has 0 spiro atoms. The number of benzene rings is 6. The van der Waals surface area contributed by atoms with Gasteiger partial charge in [0, 0.05) is 63.2 Å². The van der Waals surface area contributed by atoms with Crippen molar-refractivity contribution in [3.8, 4) is 17.2 Å². The van der Waals surface area contributed by atoms with E-state index in [1.807, 2.05) is 109 Å². The summed E-state index contributed by atoms with van der Waals surface area (Å²) in [5, 5.41) is 8.39. The fraction of sp³-hybridized carbons (Fsp3) is 0.0625. The van der Waals surface area contributed by atoms with Gasteiger partial charge in [-0.15, -0.1) is 0 Å². The van der Waals surface area contributed by atoms with Crippen molar-refractivity contribution in [1.29, 1.82) is 0 Å². The summed E-state index contributed by atoms with van der Waals surface area (Å²) in [6, 6.07) is 43.4. The molecule has 3 N–H and O–H groups in total. The molecule has 0 aliphatic heterocycles. The van der Waals surface area contributed by atoms with E-state index in [0.29, 0.717) is 33.8 Å². The van der Waals surface area contributed by atoms with Crippen molar-refractivity contribution in [1.82, 2.24) is 0 Å². The van der Waals surface area contributed by atoms with Crippen molar-refractivity contribution < 1.29 is 32.5 Å². The summed E-state index contributed by atoms with van der Waals surface area (Å²) in [4.78, 5) is 41.4. The fourth-order valence-corrected chi connectivity index (χ4v) is 8.79. The Morgan fingerprint density at radius 1 is 0.387 bits per heavy atom. The van der Waals surface area contributed by atoms with Crippen LogP contribution in [0.5, 0.6) is 17.2 Å². The molecule has 10 nitrogen and oxygen atoms in total. The third-order valence-electron chi connectivity index (χ3n) is 8.33. The Balaban J connectivity index is 1.14. The molecule has 0 aliphatic rings. The molecule has 0 unspecified atom stereocenters. The zero-order chi connectivity index (χ0) is 44.2. The average molecular weight is 900 g/mol. The van der Waals surface area contributed by atoms with E-state index in [1.165, 1.54) is 35.3 Å². The summed E-state index contributed by atoms with van der Waals surface area (Å²) in [5.74, 6) is 0.0731. The van der Waals surface area contributed by atoms with E-state index in [1.54, 1.807) is 57.2 Å². The maximum atomic E-state index is 14.5. The van der Waals surface area contributed by atoms with Gasteiger partial charge in [-0.2, -0.15) is 4.57 Å². The van der Waals surface area contributed by atoms with Gasteiger partial charge in [0.15, 0.2) is 0 Å². The molecule has 0 saturated heterocycles. The highest BCUT2D eigenvalue weighted by Gasteiger charge is 2.33. The first-order valence-corrected chi connectivity index (χ1v) is 22.8. The van der Waals surface area contributed by atoms with Crippen LogP contribution in [0.3, 0.4) is 0 Å². The minimum absolute atomic E-state index is 0.240. The van der Waals surface area contributed by atoms with Crippen LogP contribution in [0.2, 0.25) is 0 Å². The monoisotopic (exact) mass is 899 g/mol. The molecule has 314 valence electrons. The lowest BCUT2D eigenvalue weighted by Crippen LogP contribution is -2.11. The number of nitrogens with one attached hydrogen (secondary N) is 3. The summed E-state index contributed by atoms with van der Waals surface area (Å²) >= 11 is 4.51. The summed E-state index contributed by atoms with van der Waals surface area (Å²) in [6.45, 7) is 16.0. The second-order valence-corrected chi connectivity index (χ2v) is 18.6. The van der Waals surface area contributed by atoms with Crippen molar-refractivity contribution in [3.63, 3.8) is 0 Å². The Morgan fingerprint density at radius 3 is 0.774 bits per heavy atom.